The first-order valence-electron chi connectivity index (χ1n) is 5.86. The fourth-order valence-electron chi connectivity index (χ4n) is 1.63. The van der Waals surface area contributed by atoms with E-state index in [4.69, 9.17) is 38.9 Å². The Morgan fingerprint density at radius 1 is 1.29 bits per heavy atom. The first-order chi connectivity index (χ1) is 10.0. The molecule has 3 N–H and O–H groups in total. The van der Waals surface area contributed by atoms with Crippen LogP contribution in [-0.4, -0.2) is 11.0 Å². The van der Waals surface area contributed by atoms with Gasteiger partial charge in [-0.1, -0.05) is 46.6 Å². The lowest BCUT2D eigenvalue weighted by atomic mass is 10.1. The van der Waals surface area contributed by atoms with Gasteiger partial charge in [-0.2, -0.15) is 0 Å². The normalized spacial score (nSPS) is 11.5. The molecule has 2 aromatic rings. The molecule has 0 saturated carbocycles. The predicted molar refractivity (Wildman–Crippen MR) is 79.7 cm³/mol. The molecule has 0 aromatic heterocycles. The summed E-state index contributed by atoms with van der Waals surface area (Å²) >= 11 is 11.8. The summed E-state index contributed by atoms with van der Waals surface area (Å²) in [6.07, 6.45) is 0. The fourth-order valence-corrected chi connectivity index (χ4v) is 1.98. The van der Waals surface area contributed by atoms with E-state index in [1.54, 1.807) is 18.2 Å². The molecule has 0 radical (unpaired) electrons. The van der Waals surface area contributed by atoms with Crippen LogP contribution in [-0.2, 0) is 6.61 Å². The Morgan fingerprint density at radius 2 is 2.05 bits per heavy atom. The van der Waals surface area contributed by atoms with E-state index in [0.717, 1.165) is 6.07 Å². The molecule has 2 rings (SSSR count). The average molecular weight is 329 g/mol. The highest BCUT2D eigenvalue weighted by molar-refractivity contribution is 6.42. The molecular weight excluding hydrogens is 318 g/mol. The van der Waals surface area contributed by atoms with Crippen LogP contribution in [0.3, 0.4) is 0 Å². The highest BCUT2D eigenvalue weighted by Gasteiger charge is 2.09. The number of ether oxygens (including phenoxy) is 1. The molecule has 0 saturated heterocycles. The highest BCUT2D eigenvalue weighted by Crippen LogP contribution is 2.32. The van der Waals surface area contributed by atoms with Crippen LogP contribution in [0.5, 0.6) is 5.75 Å². The Labute approximate surface area is 130 Å². The van der Waals surface area contributed by atoms with Crippen molar-refractivity contribution in [2.75, 3.05) is 0 Å². The van der Waals surface area contributed by atoms with Crippen LogP contribution in [0.4, 0.5) is 4.39 Å². The van der Waals surface area contributed by atoms with Crippen LogP contribution in [0.25, 0.3) is 0 Å². The van der Waals surface area contributed by atoms with Crippen molar-refractivity contribution in [1.82, 2.24) is 0 Å². The van der Waals surface area contributed by atoms with Crippen molar-refractivity contribution in [1.29, 1.82) is 0 Å². The molecule has 2 aromatic carbocycles. The summed E-state index contributed by atoms with van der Waals surface area (Å²) in [5.41, 5.74) is 5.97. The molecule has 0 spiro atoms. The molecule has 0 heterocycles. The maximum absolute atomic E-state index is 13.9. The van der Waals surface area contributed by atoms with Gasteiger partial charge in [-0.25, -0.2) is 4.39 Å². The van der Waals surface area contributed by atoms with Crippen LogP contribution < -0.4 is 10.5 Å². The summed E-state index contributed by atoms with van der Waals surface area (Å²) in [5, 5.41) is 12.0. The third-order valence-corrected chi connectivity index (χ3v) is 3.56. The van der Waals surface area contributed by atoms with Crippen molar-refractivity contribution in [2.45, 2.75) is 6.61 Å². The van der Waals surface area contributed by atoms with Gasteiger partial charge in [-0.05, 0) is 18.2 Å². The Bertz CT molecular complexity index is 693. The lowest BCUT2D eigenvalue weighted by Gasteiger charge is -2.10. The minimum atomic E-state index is -0.530. The van der Waals surface area contributed by atoms with Crippen molar-refractivity contribution in [2.24, 2.45) is 10.9 Å². The van der Waals surface area contributed by atoms with E-state index < -0.39 is 5.82 Å². The summed E-state index contributed by atoms with van der Waals surface area (Å²) in [4.78, 5) is 0. The van der Waals surface area contributed by atoms with Gasteiger partial charge < -0.3 is 15.7 Å². The minimum absolute atomic E-state index is 0.0254. The van der Waals surface area contributed by atoms with Crippen molar-refractivity contribution < 1.29 is 14.3 Å². The lowest BCUT2D eigenvalue weighted by molar-refractivity contribution is 0.300. The SMILES string of the molecule is N/C(=N\O)c1ccc(COc2cccc(Cl)c2Cl)c(F)c1. The Morgan fingerprint density at radius 3 is 2.71 bits per heavy atom. The minimum Gasteiger partial charge on any atom is -0.487 e. The Kier molecular flexibility index (Phi) is 4.88. The molecular formula is C14H11Cl2FN2O2. The number of benzene rings is 2. The zero-order chi connectivity index (χ0) is 15.4. The molecule has 0 fully saturated rings. The molecule has 4 nitrogen and oxygen atoms in total. The van der Waals surface area contributed by atoms with Crippen molar-refractivity contribution in [3.8, 4) is 5.75 Å². The topological polar surface area (TPSA) is 67.8 Å². The van der Waals surface area contributed by atoms with E-state index in [0.29, 0.717) is 16.3 Å². The first-order valence-corrected chi connectivity index (χ1v) is 6.61. The lowest BCUT2D eigenvalue weighted by Crippen LogP contribution is -2.13. The number of hydrogen-bond acceptors (Lipinski definition) is 3. The van der Waals surface area contributed by atoms with Gasteiger partial charge in [0.2, 0.25) is 0 Å². The van der Waals surface area contributed by atoms with Crippen LogP contribution in [0.15, 0.2) is 41.6 Å². The maximum Gasteiger partial charge on any atom is 0.170 e. The predicted octanol–water partition coefficient (Wildman–Crippen LogP) is 3.81. The number of hydrogen-bond donors (Lipinski definition) is 2. The van der Waals surface area contributed by atoms with Gasteiger partial charge in [0.25, 0.3) is 0 Å². The highest BCUT2D eigenvalue weighted by atomic mass is 35.5. The van der Waals surface area contributed by atoms with Crippen molar-refractivity contribution in [3.05, 3.63) is 63.4 Å². The first kappa shape index (κ1) is 15.4. The van der Waals surface area contributed by atoms with Gasteiger partial charge >= 0.3 is 0 Å². The van der Waals surface area contributed by atoms with E-state index in [1.165, 1.54) is 12.1 Å². The molecule has 0 aliphatic heterocycles. The molecule has 0 amide bonds. The van der Waals surface area contributed by atoms with Crippen molar-refractivity contribution in [3.63, 3.8) is 0 Å². The van der Waals surface area contributed by atoms with E-state index in [-0.39, 0.29) is 23.0 Å². The molecule has 7 heteroatoms. The summed E-state index contributed by atoms with van der Waals surface area (Å²) in [5.74, 6) is -0.333. The summed E-state index contributed by atoms with van der Waals surface area (Å²) in [7, 11) is 0. The molecule has 0 aliphatic carbocycles. The third kappa shape index (κ3) is 3.56. The van der Waals surface area contributed by atoms with Crippen LogP contribution in [0.1, 0.15) is 11.1 Å². The van der Waals surface area contributed by atoms with Gasteiger partial charge in [0.15, 0.2) is 5.84 Å². The number of halogens is 3. The molecule has 21 heavy (non-hydrogen) atoms. The average Bonchev–Trinajstić information content (AvgIpc) is 2.49. The van der Waals surface area contributed by atoms with Crippen molar-refractivity contribution >= 4 is 29.0 Å². The zero-order valence-electron chi connectivity index (χ0n) is 10.7. The van der Waals surface area contributed by atoms with E-state index >= 15 is 0 Å². The summed E-state index contributed by atoms with van der Waals surface area (Å²) < 4.78 is 19.3. The van der Waals surface area contributed by atoms with E-state index in [9.17, 15) is 4.39 Å². The zero-order valence-corrected chi connectivity index (χ0v) is 12.2. The molecule has 0 unspecified atom stereocenters. The maximum atomic E-state index is 13.9. The van der Waals surface area contributed by atoms with Gasteiger partial charge in [-0.3, -0.25) is 0 Å². The quantitative estimate of drug-likeness (QED) is 0.388. The largest absolute Gasteiger partial charge is 0.487 e. The fraction of sp³-hybridized carbons (Fsp3) is 0.0714. The molecule has 0 atom stereocenters. The monoisotopic (exact) mass is 328 g/mol. The number of oxime groups is 1. The number of rotatable bonds is 4. The molecule has 110 valence electrons. The Balaban J connectivity index is 2.15. The molecule has 0 bridgehead atoms. The van der Waals surface area contributed by atoms with E-state index in [2.05, 4.69) is 5.16 Å². The van der Waals surface area contributed by atoms with Gasteiger partial charge in [-0.15, -0.1) is 0 Å². The third-order valence-electron chi connectivity index (χ3n) is 2.76. The van der Waals surface area contributed by atoms with E-state index in [1.807, 2.05) is 0 Å². The van der Waals surface area contributed by atoms with Gasteiger partial charge in [0.1, 0.15) is 23.2 Å². The smallest absolute Gasteiger partial charge is 0.170 e. The molecule has 0 aliphatic rings. The number of nitrogens with zero attached hydrogens (tertiary/aromatic N) is 1. The van der Waals surface area contributed by atoms with Crippen LogP contribution >= 0.6 is 23.2 Å². The summed E-state index contributed by atoms with van der Waals surface area (Å²) in [6.45, 7) is -0.0254. The standard InChI is InChI=1S/C14H11Cl2FN2O2/c15-10-2-1-3-12(13(10)16)21-7-9-5-4-8(6-11(9)17)14(18)19-20/h1-6,20H,7H2,(H2,18,19). The number of nitrogens with two attached hydrogens (primary N) is 1. The van der Waals surface area contributed by atoms with Crippen LogP contribution in [0.2, 0.25) is 10.0 Å². The van der Waals surface area contributed by atoms with Gasteiger partial charge in [0.05, 0.1) is 5.02 Å². The van der Waals surface area contributed by atoms with Crippen LogP contribution in [0, 0.1) is 5.82 Å². The Hall–Kier alpha value is -1.98. The number of amidine groups is 1. The second-order valence-corrected chi connectivity index (χ2v) is 4.92. The second kappa shape index (κ2) is 6.65. The van der Waals surface area contributed by atoms with Gasteiger partial charge in [0, 0.05) is 11.1 Å². The summed E-state index contributed by atoms with van der Waals surface area (Å²) in [6, 6.07) is 9.12. The second-order valence-electron chi connectivity index (χ2n) is 4.13.